The molecule has 0 saturated carbocycles. The number of azide groups is 1. The summed E-state index contributed by atoms with van der Waals surface area (Å²) in [4.78, 5) is 28.1. The third kappa shape index (κ3) is 6.42. The van der Waals surface area contributed by atoms with E-state index in [1.807, 2.05) is 30.3 Å². The number of hydrogen-bond donors (Lipinski definition) is 2. The summed E-state index contributed by atoms with van der Waals surface area (Å²) in [7, 11) is 2.92. The second-order valence-electron chi connectivity index (χ2n) is 5.58. The highest BCUT2D eigenvalue weighted by Gasteiger charge is 2.37. The van der Waals surface area contributed by atoms with E-state index in [4.69, 9.17) is 10.3 Å². The van der Waals surface area contributed by atoms with E-state index in [0.717, 1.165) is 5.56 Å². The van der Waals surface area contributed by atoms with E-state index in [-0.39, 0.29) is 6.54 Å². The van der Waals surface area contributed by atoms with E-state index in [2.05, 4.69) is 15.3 Å². The lowest BCUT2D eigenvalue weighted by Gasteiger charge is -2.35. The van der Waals surface area contributed by atoms with Gasteiger partial charge in [0.1, 0.15) is 6.04 Å². The number of hydrogen-bond acceptors (Lipinski definition) is 6. The number of aliphatic hydroxyl groups excluding tert-OH is 1. The Labute approximate surface area is 146 Å². The third-order valence-corrected chi connectivity index (χ3v) is 3.65. The van der Waals surface area contributed by atoms with Crippen LogP contribution in [0.2, 0.25) is 0 Å². The highest BCUT2D eigenvalue weighted by Crippen LogP contribution is 2.14. The zero-order chi connectivity index (χ0) is 18.8. The predicted molar refractivity (Wildman–Crippen MR) is 91.3 cm³/mol. The number of benzene rings is 1. The molecule has 0 radical (unpaired) electrons. The summed E-state index contributed by atoms with van der Waals surface area (Å²) in [5.74, 6) is -1.04. The van der Waals surface area contributed by atoms with Crippen LogP contribution in [0.25, 0.3) is 10.4 Å². The maximum absolute atomic E-state index is 12.3. The van der Waals surface area contributed by atoms with Gasteiger partial charge >= 0.3 is 5.97 Å². The highest BCUT2D eigenvalue weighted by molar-refractivity contribution is 5.79. The van der Waals surface area contributed by atoms with Crippen molar-refractivity contribution in [1.82, 2.24) is 10.2 Å². The summed E-state index contributed by atoms with van der Waals surface area (Å²) >= 11 is 0. The Balaban J connectivity index is 3.10. The molecule has 25 heavy (non-hydrogen) atoms. The van der Waals surface area contributed by atoms with Crippen LogP contribution in [0, 0.1) is 0 Å². The molecule has 0 fully saturated rings. The quantitative estimate of drug-likeness (QED) is 0.295. The van der Waals surface area contributed by atoms with Crippen molar-refractivity contribution >= 4 is 11.9 Å². The van der Waals surface area contributed by atoms with Crippen LogP contribution < -0.4 is 5.32 Å². The average Bonchev–Trinajstić information content (AvgIpc) is 2.59. The molecule has 3 atom stereocenters. The molecule has 0 unspecified atom stereocenters. The normalized spacial score (nSPS) is 14.1. The van der Waals surface area contributed by atoms with Crippen molar-refractivity contribution in [2.24, 2.45) is 5.11 Å². The number of likely N-dealkylation sites (N-methyl/N-ethyl adjacent to an activating group) is 1. The predicted octanol–water partition coefficient (Wildman–Crippen LogP) is 0.836. The number of esters is 1. The molecule has 0 spiro atoms. The van der Waals surface area contributed by atoms with Gasteiger partial charge in [-0.05, 0) is 18.1 Å². The van der Waals surface area contributed by atoms with Gasteiger partial charge in [0.05, 0.1) is 25.8 Å². The average molecular weight is 349 g/mol. The fraction of sp³-hybridized carbons (Fsp3) is 0.500. The van der Waals surface area contributed by atoms with Crippen LogP contribution in [-0.2, 0) is 20.9 Å². The van der Waals surface area contributed by atoms with Gasteiger partial charge in [-0.2, -0.15) is 0 Å². The lowest BCUT2D eigenvalue weighted by atomic mass is 9.99. The maximum atomic E-state index is 12.3. The van der Waals surface area contributed by atoms with Crippen LogP contribution >= 0.6 is 0 Å². The van der Waals surface area contributed by atoms with Gasteiger partial charge in [-0.15, -0.1) is 0 Å². The SMILES string of the molecule is COC(=O)[C@@H]([C@@H](NC(C)=O)[C@H](O)CN=[N+]=[N-])N(C)Cc1ccccc1. The zero-order valence-electron chi connectivity index (χ0n) is 14.5. The second kappa shape index (κ2) is 10.3. The number of nitrogens with zero attached hydrogens (tertiary/aromatic N) is 4. The topological polar surface area (TPSA) is 128 Å². The lowest BCUT2D eigenvalue weighted by molar-refractivity contribution is -0.149. The van der Waals surface area contributed by atoms with Gasteiger partial charge in [-0.1, -0.05) is 35.4 Å². The van der Waals surface area contributed by atoms with Crippen LogP contribution in [0.3, 0.4) is 0 Å². The first-order valence-electron chi connectivity index (χ1n) is 7.68. The lowest BCUT2D eigenvalue weighted by Crippen LogP contribution is -2.60. The molecule has 0 aliphatic rings. The zero-order valence-corrected chi connectivity index (χ0v) is 14.5. The molecule has 2 N–H and O–H groups in total. The number of rotatable bonds is 9. The Bertz CT molecular complexity index is 618. The van der Waals surface area contributed by atoms with E-state index in [9.17, 15) is 14.7 Å². The van der Waals surface area contributed by atoms with Crippen LogP contribution in [0.15, 0.2) is 35.4 Å². The number of nitrogens with one attached hydrogen (secondary N) is 1. The summed E-state index contributed by atoms with van der Waals surface area (Å²) in [5, 5.41) is 16.2. The van der Waals surface area contributed by atoms with Gasteiger partial charge in [0, 0.05) is 18.4 Å². The van der Waals surface area contributed by atoms with E-state index in [1.54, 1.807) is 11.9 Å². The van der Waals surface area contributed by atoms with Crippen molar-refractivity contribution in [2.75, 3.05) is 20.7 Å². The molecular weight excluding hydrogens is 326 g/mol. The van der Waals surface area contributed by atoms with Crippen LogP contribution in [0.4, 0.5) is 0 Å². The van der Waals surface area contributed by atoms with Gasteiger partial charge in [0.15, 0.2) is 0 Å². The minimum absolute atomic E-state index is 0.284. The highest BCUT2D eigenvalue weighted by atomic mass is 16.5. The summed E-state index contributed by atoms with van der Waals surface area (Å²) in [5.41, 5.74) is 9.38. The summed E-state index contributed by atoms with van der Waals surface area (Å²) in [6.45, 7) is 1.39. The molecule has 9 nitrogen and oxygen atoms in total. The van der Waals surface area contributed by atoms with E-state index < -0.39 is 30.1 Å². The molecule has 136 valence electrons. The molecule has 1 aromatic carbocycles. The molecule has 0 aliphatic heterocycles. The molecule has 1 rings (SSSR count). The molecule has 0 heterocycles. The Morgan fingerprint density at radius 2 is 2.04 bits per heavy atom. The number of methoxy groups -OCH3 is 1. The molecule has 0 aromatic heterocycles. The van der Waals surface area contributed by atoms with Crippen molar-refractivity contribution in [3.8, 4) is 0 Å². The third-order valence-electron chi connectivity index (χ3n) is 3.65. The van der Waals surface area contributed by atoms with Crippen LogP contribution in [-0.4, -0.2) is 60.8 Å². The largest absolute Gasteiger partial charge is 0.468 e. The van der Waals surface area contributed by atoms with Crippen LogP contribution in [0.5, 0.6) is 0 Å². The van der Waals surface area contributed by atoms with E-state index in [1.165, 1.54) is 14.0 Å². The number of carbonyl (C=O) groups excluding carboxylic acids is 2. The number of amides is 1. The Morgan fingerprint density at radius 1 is 1.40 bits per heavy atom. The second-order valence-corrected chi connectivity index (χ2v) is 5.58. The van der Waals surface area contributed by atoms with Gasteiger partial charge in [-0.25, -0.2) is 0 Å². The maximum Gasteiger partial charge on any atom is 0.325 e. The number of ether oxygens (including phenoxy) is 1. The van der Waals surface area contributed by atoms with E-state index >= 15 is 0 Å². The first-order valence-corrected chi connectivity index (χ1v) is 7.68. The molecule has 9 heteroatoms. The summed E-state index contributed by atoms with van der Waals surface area (Å²) in [6.07, 6.45) is -1.25. The van der Waals surface area contributed by atoms with Gasteiger partial charge in [0.25, 0.3) is 0 Å². The first kappa shape index (κ1) is 20.4. The molecule has 0 saturated heterocycles. The van der Waals surface area contributed by atoms with Crippen molar-refractivity contribution in [1.29, 1.82) is 0 Å². The standard InChI is InChI=1S/C16H23N5O4/c1-11(22)19-14(13(23)9-18-20-17)15(16(24)25-3)21(2)10-12-7-5-4-6-8-12/h4-8,13-15,23H,9-10H2,1-3H3,(H,19,22)/t13-,14+,15-/m1/s1. The Morgan fingerprint density at radius 3 is 2.56 bits per heavy atom. The van der Waals surface area contributed by atoms with Crippen molar-refractivity contribution in [3.63, 3.8) is 0 Å². The fourth-order valence-corrected chi connectivity index (χ4v) is 2.55. The molecular formula is C16H23N5O4. The monoisotopic (exact) mass is 349 g/mol. The van der Waals surface area contributed by atoms with Gasteiger partial charge in [0.2, 0.25) is 5.91 Å². The first-order chi connectivity index (χ1) is 11.9. The molecule has 0 bridgehead atoms. The number of aliphatic hydroxyl groups is 1. The summed E-state index contributed by atoms with van der Waals surface area (Å²) in [6, 6.07) is 7.46. The minimum Gasteiger partial charge on any atom is -0.468 e. The fourth-order valence-electron chi connectivity index (χ4n) is 2.55. The number of carbonyl (C=O) groups is 2. The van der Waals surface area contributed by atoms with Gasteiger partial charge in [-0.3, -0.25) is 14.5 Å². The van der Waals surface area contributed by atoms with E-state index in [0.29, 0.717) is 6.54 Å². The Kier molecular flexibility index (Phi) is 8.42. The minimum atomic E-state index is -1.25. The Hall–Kier alpha value is -2.61. The molecule has 1 amide bonds. The van der Waals surface area contributed by atoms with Crippen molar-refractivity contribution in [2.45, 2.75) is 31.7 Å². The smallest absolute Gasteiger partial charge is 0.325 e. The van der Waals surface area contributed by atoms with Crippen molar-refractivity contribution in [3.05, 3.63) is 46.3 Å². The summed E-state index contributed by atoms with van der Waals surface area (Å²) < 4.78 is 4.84. The van der Waals surface area contributed by atoms with Crippen LogP contribution in [0.1, 0.15) is 12.5 Å². The molecule has 0 aliphatic carbocycles. The van der Waals surface area contributed by atoms with Gasteiger partial charge < -0.3 is 15.2 Å². The molecule has 1 aromatic rings. The van der Waals surface area contributed by atoms with Crippen molar-refractivity contribution < 1.29 is 19.4 Å².